The lowest BCUT2D eigenvalue weighted by molar-refractivity contribution is 0.326. The third-order valence-electron chi connectivity index (χ3n) is 1.93. The highest BCUT2D eigenvalue weighted by Gasteiger charge is 2.12. The summed E-state index contributed by atoms with van der Waals surface area (Å²) in [5.74, 6) is 0.760. The molecule has 1 aliphatic rings. The van der Waals surface area contributed by atoms with Crippen molar-refractivity contribution in [1.82, 2.24) is 5.32 Å². The molecular weight excluding hydrogens is 209 g/mol. The quantitative estimate of drug-likeness (QED) is 0.722. The van der Waals surface area contributed by atoms with Crippen LogP contribution in [0.4, 0.5) is 0 Å². The Hall–Kier alpha value is -0.440. The van der Waals surface area contributed by atoms with E-state index in [2.05, 4.69) is 5.32 Å². The van der Waals surface area contributed by atoms with Gasteiger partial charge < -0.3 is 10.1 Å². The summed E-state index contributed by atoms with van der Waals surface area (Å²) in [5, 5.41) is 4.45. The smallest absolute Gasteiger partial charge is 0.142 e. The maximum atomic E-state index is 5.98. The van der Waals surface area contributed by atoms with Crippen LogP contribution in [-0.4, -0.2) is 13.2 Å². The van der Waals surface area contributed by atoms with Gasteiger partial charge in [-0.15, -0.1) is 0 Å². The number of nitrogens with one attached hydrogen (secondary N) is 1. The van der Waals surface area contributed by atoms with Gasteiger partial charge in [-0.2, -0.15) is 0 Å². The molecule has 2 nitrogen and oxygen atoms in total. The van der Waals surface area contributed by atoms with Gasteiger partial charge >= 0.3 is 0 Å². The summed E-state index contributed by atoms with van der Waals surface area (Å²) in [6, 6.07) is 3.58. The van der Waals surface area contributed by atoms with E-state index in [-0.39, 0.29) is 0 Å². The van der Waals surface area contributed by atoms with E-state index in [4.69, 9.17) is 27.9 Å². The van der Waals surface area contributed by atoms with Gasteiger partial charge in [-0.05, 0) is 12.1 Å². The normalized spacial score (nSPS) is 15.8. The monoisotopic (exact) mass is 217 g/mol. The van der Waals surface area contributed by atoms with Crippen molar-refractivity contribution in [3.8, 4) is 5.75 Å². The van der Waals surface area contributed by atoms with Gasteiger partial charge in [0.1, 0.15) is 12.4 Å². The summed E-state index contributed by atoms with van der Waals surface area (Å²) in [7, 11) is 0. The zero-order chi connectivity index (χ0) is 9.26. The Morgan fingerprint density at radius 3 is 3.00 bits per heavy atom. The molecule has 1 aromatic carbocycles. The molecule has 70 valence electrons. The number of halogens is 2. The molecule has 0 atom stereocenters. The van der Waals surface area contributed by atoms with Crippen molar-refractivity contribution in [2.24, 2.45) is 0 Å². The fraction of sp³-hybridized carbons (Fsp3) is 0.333. The number of benzene rings is 1. The van der Waals surface area contributed by atoms with Crippen LogP contribution in [0.1, 0.15) is 5.56 Å². The molecule has 0 unspecified atom stereocenters. The second-order valence-electron chi connectivity index (χ2n) is 2.90. The molecule has 0 saturated heterocycles. The number of fused-ring (bicyclic) bond motifs is 1. The average molecular weight is 218 g/mol. The van der Waals surface area contributed by atoms with Crippen LogP contribution < -0.4 is 10.1 Å². The fourth-order valence-electron chi connectivity index (χ4n) is 1.35. The first-order valence-electron chi connectivity index (χ1n) is 4.09. The third-order valence-corrected chi connectivity index (χ3v) is 2.42. The highest BCUT2D eigenvalue weighted by atomic mass is 35.5. The molecule has 0 amide bonds. The van der Waals surface area contributed by atoms with Crippen LogP contribution in [0, 0.1) is 0 Å². The lowest BCUT2D eigenvalue weighted by Gasteiger charge is -2.08. The fourth-order valence-corrected chi connectivity index (χ4v) is 1.95. The molecule has 1 heterocycles. The Morgan fingerprint density at radius 2 is 2.15 bits per heavy atom. The van der Waals surface area contributed by atoms with Gasteiger partial charge in [0.2, 0.25) is 0 Å². The first-order chi connectivity index (χ1) is 6.27. The second kappa shape index (κ2) is 3.74. The van der Waals surface area contributed by atoms with E-state index in [0.29, 0.717) is 16.7 Å². The molecule has 4 heteroatoms. The predicted octanol–water partition coefficient (Wildman–Crippen LogP) is 2.48. The van der Waals surface area contributed by atoms with Crippen molar-refractivity contribution in [1.29, 1.82) is 0 Å². The van der Waals surface area contributed by atoms with Crippen molar-refractivity contribution in [3.63, 3.8) is 0 Å². The molecule has 1 aromatic rings. The molecule has 0 aliphatic carbocycles. The van der Waals surface area contributed by atoms with Crippen LogP contribution in [-0.2, 0) is 6.54 Å². The highest BCUT2D eigenvalue weighted by molar-refractivity contribution is 6.35. The topological polar surface area (TPSA) is 21.3 Å². The van der Waals surface area contributed by atoms with Gasteiger partial charge in [0, 0.05) is 23.7 Å². The summed E-state index contributed by atoms with van der Waals surface area (Å²) in [6.07, 6.45) is 0. The van der Waals surface area contributed by atoms with Crippen LogP contribution in [0.15, 0.2) is 12.1 Å². The molecule has 0 bridgehead atoms. The zero-order valence-corrected chi connectivity index (χ0v) is 8.45. The van der Waals surface area contributed by atoms with E-state index in [1.165, 1.54) is 0 Å². The Labute approximate surface area is 86.8 Å². The van der Waals surface area contributed by atoms with Crippen LogP contribution in [0.2, 0.25) is 10.0 Å². The highest BCUT2D eigenvalue weighted by Crippen LogP contribution is 2.32. The van der Waals surface area contributed by atoms with E-state index < -0.39 is 0 Å². The van der Waals surface area contributed by atoms with Gasteiger partial charge in [0.05, 0.1) is 5.02 Å². The summed E-state index contributed by atoms with van der Waals surface area (Å²) in [4.78, 5) is 0. The van der Waals surface area contributed by atoms with Gasteiger partial charge in [0.15, 0.2) is 0 Å². The molecule has 1 N–H and O–H groups in total. The summed E-state index contributed by atoms with van der Waals surface area (Å²) in [5.41, 5.74) is 1.02. The minimum Gasteiger partial charge on any atom is -0.490 e. The minimum atomic E-state index is 0.589. The van der Waals surface area contributed by atoms with E-state index in [0.717, 1.165) is 24.4 Å². The van der Waals surface area contributed by atoms with Crippen LogP contribution >= 0.6 is 23.2 Å². The molecule has 0 spiro atoms. The van der Waals surface area contributed by atoms with Gasteiger partial charge in [0.25, 0.3) is 0 Å². The van der Waals surface area contributed by atoms with Gasteiger partial charge in [-0.1, -0.05) is 23.2 Å². The molecule has 13 heavy (non-hydrogen) atoms. The van der Waals surface area contributed by atoms with E-state index in [9.17, 15) is 0 Å². The van der Waals surface area contributed by atoms with Crippen LogP contribution in [0.25, 0.3) is 0 Å². The maximum absolute atomic E-state index is 5.98. The van der Waals surface area contributed by atoms with Crippen molar-refractivity contribution in [2.75, 3.05) is 13.2 Å². The van der Waals surface area contributed by atoms with Crippen molar-refractivity contribution in [2.45, 2.75) is 6.54 Å². The molecule has 0 fully saturated rings. The summed E-state index contributed by atoms with van der Waals surface area (Å²) in [6.45, 7) is 2.24. The number of ether oxygens (including phenoxy) is 1. The number of rotatable bonds is 0. The largest absolute Gasteiger partial charge is 0.490 e. The van der Waals surface area contributed by atoms with Crippen molar-refractivity contribution >= 4 is 23.2 Å². The first-order valence-corrected chi connectivity index (χ1v) is 4.84. The van der Waals surface area contributed by atoms with Crippen molar-refractivity contribution in [3.05, 3.63) is 27.7 Å². The molecule has 2 rings (SSSR count). The Morgan fingerprint density at radius 1 is 1.31 bits per heavy atom. The molecule has 0 saturated carbocycles. The first kappa shape index (κ1) is 9.13. The summed E-state index contributed by atoms with van der Waals surface area (Å²) >= 11 is 11.9. The molecule has 0 aromatic heterocycles. The average Bonchev–Trinajstić information content (AvgIpc) is 2.28. The number of hydrogen-bond donors (Lipinski definition) is 1. The standard InChI is InChI=1S/C9H9Cl2NO/c10-7-3-6-5-12-1-2-13-9(6)8(11)4-7/h3-4,12H,1-2,5H2. The van der Waals surface area contributed by atoms with Crippen LogP contribution in [0.5, 0.6) is 5.75 Å². The lowest BCUT2D eigenvalue weighted by atomic mass is 10.2. The molecular formula is C9H9Cl2NO. The van der Waals surface area contributed by atoms with Gasteiger partial charge in [-0.25, -0.2) is 0 Å². The molecule has 0 radical (unpaired) electrons. The Bertz CT molecular complexity index is 328. The molecule has 1 aliphatic heterocycles. The van der Waals surface area contributed by atoms with E-state index in [1.807, 2.05) is 6.07 Å². The number of hydrogen-bond acceptors (Lipinski definition) is 2. The Balaban J connectivity index is 2.47. The van der Waals surface area contributed by atoms with Gasteiger partial charge in [-0.3, -0.25) is 0 Å². The van der Waals surface area contributed by atoms with E-state index in [1.54, 1.807) is 6.07 Å². The zero-order valence-electron chi connectivity index (χ0n) is 6.94. The van der Waals surface area contributed by atoms with Crippen molar-refractivity contribution < 1.29 is 4.74 Å². The predicted molar refractivity (Wildman–Crippen MR) is 53.7 cm³/mol. The SMILES string of the molecule is Clc1cc(Cl)c2c(c1)CNCCO2. The second-order valence-corrected chi connectivity index (χ2v) is 3.74. The van der Waals surface area contributed by atoms with Crippen LogP contribution in [0.3, 0.4) is 0 Å². The summed E-state index contributed by atoms with van der Waals surface area (Å²) < 4.78 is 5.48. The maximum Gasteiger partial charge on any atom is 0.142 e. The Kier molecular flexibility index (Phi) is 2.63. The van der Waals surface area contributed by atoms with E-state index >= 15 is 0 Å². The minimum absolute atomic E-state index is 0.589. The third kappa shape index (κ3) is 1.90. The lowest BCUT2D eigenvalue weighted by Crippen LogP contribution is -2.16.